The van der Waals surface area contributed by atoms with E-state index in [9.17, 15) is 14.0 Å². The van der Waals surface area contributed by atoms with Gasteiger partial charge in [0.05, 0.1) is 12.5 Å². The van der Waals surface area contributed by atoms with Crippen LogP contribution in [-0.4, -0.2) is 60.4 Å². The SMILES string of the molecule is COc1ccc(F)c(CN2CCC[C@@]3(CCN(C(=O)CCSC)C3)C2=O)c1. The maximum Gasteiger partial charge on any atom is 0.230 e. The smallest absolute Gasteiger partial charge is 0.230 e. The molecule has 2 amide bonds. The molecule has 0 bridgehead atoms. The lowest BCUT2D eigenvalue weighted by atomic mass is 9.78. The van der Waals surface area contributed by atoms with Crippen LogP contribution < -0.4 is 4.74 Å². The number of likely N-dealkylation sites (tertiary alicyclic amines) is 2. The third-order valence-electron chi connectivity index (χ3n) is 5.66. The van der Waals surface area contributed by atoms with Crippen LogP contribution in [0.4, 0.5) is 4.39 Å². The van der Waals surface area contributed by atoms with E-state index in [2.05, 4.69) is 0 Å². The number of ether oxygens (including phenoxy) is 1. The van der Waals surface area contributed by atoms with E-state index < -0.39 is 5.41 Å². The first-order chi connectivity index (χ1) is 13.0. The van der Waals surface area contributed by atoms with Crippen molar-refractivity contribution >= 4 is 23.6 Å². The van der Waals surface area contributed by atoms with Gasteiger partial charge in [0, 0.05) is 43.9 Å². The van der Waals surface area contributed by atoms with Crippen molar-refractivity contribution in [3.63, 3.8) is 0 Å². The summed E-state index contributed by atoms with van der Waals surface area (Å²) in [7, 11) is 1.54. The lowest BCUT2D eigenvalue weighted by molar-refractivity contribution is -0.146. The predicted octanol–water partition coefficient (Wildman–Crippen LogP) is 2.93. The number of hydrogen-bond donors (Lipinski definition) is 0. The number of hydrogen-bond acceptors (Lipinski definition) is 4. The van der Waals surface area contributed by atoms with Gasteiger partial charge in [-0.3, -0.25) is 9.59 Å². The quantitative estimate of drug-likeness (QED) is 0.744. The van der Waals surface area contributed by atoms with Crippen LogP contribution in [-0.2, 0) is 16.1 Å². The van der Waals surface area contributed by atoms with Gasteiger partial charge in [-0.05, 0) is 43.7 Å². The number of halogens is 1. The van der Waals surface area contributed by atoms with Crippen LogP contribution in [0.25, 0.3) is 0 Å². The van der Waals surface area contributed by atoms with E-state index in [0.29, 0.717) is 43.8 Å². The summed E-state index contributed by atoms with van der Waals surface area (Å²) in [6.07, 6.45) is 4.89. The van der Waals surface area contributed by atoms with E-state index in [4.69, 9.17) is 4.74 Å². The second kappa shape index (κ2) is 8.50. The van der Waals surface area contributed by atoms with E-state index in [1.54, 1.807) is 35.9 Å². The first-order valence-electron chi connectivity index (χ1n) is 9.37. The number of amides is 2. The molecule has 0 unspecified atom stereocenters. The Bertz CT molecular complexity index is 714. The van der Waals surface area contributed by atoms with Crippen molar-refractivity contribution in [1.82, 2.24) is 9.80 Å². The number of rotatable bonds is 6. The summed E-state index contributed by atoms with van der Waals surface area (Å²) in [6, 6.07) is 4.60. The zero-order valence-corrected chi connectivity index (χ0v) is 16.8. The summed E-state index contributed by atoms with van der Waals surface area (Å²) in [4.78, 5) is 29.2. The van der Waals surface area contributed by atoms with Gasteiger partial charge in [0.15, 0.2) is 0 Å². The minimum atomic E-state index is -0.497. The van der Waals surface area contributed by atoms with Gasteiger partial charge in [0.2, 0.25) is 11.8 Å². The van der Waals surface area contributed by atoms with Gasteiger partial charge < -0.3 is 14.5 Å². The number of benzene rings is 1. The van der Waals surface area contributed by atoms with Crippen LogP contribution in [0, 0.1) is 11.2 Å². The third kappa shape index (κ3) is 4.23. The normalized spacial score (nSPS) is 22.6. The highest BCUT2D eigenvalue weighted by Gasteiger charge is 2.49. The second-order valence-electron chi connectivity index (χ2n) is 7.38. The van der Waals surface area contributed by atoms with E-state index in [-0.39, 0.29) is 24.2 Å². The Morgan fingerprint density at radius 2 is 2.15 bits per heavy atom. The number of piperidine rings is 1. The zero-order chi connectivity index (χ0) is 19.4. The molecule has 7 heteroatoms. The monoisotopic (exact) mass is 394 g/mol. The summed E-state index contributed by atoms with van der Waals surface area (Å²) in [5.41, 5.74) is -0.0338. The van der Waals surface area contributed by atoms with Crippen molar-refractivity contribution in [2.75, 3.05) is 38.8 Å². The lowest BCUT2D eigenvalue weighted by Crippen LogP contribution is -2.50. The molecule has 0 N–H and O–H groups in total. The molecule has 3 rings (SSSR count). The minimum Gasteiger partial charge on any atom is -0.497 e. The van der Waals surface area contributed by atoms with Gasteiger partial charge in [-0.2, -0.15) is 11.8 Å². The first kappa shape index (κ1) is 20.0. The molecular weight excluding hydrogens is 367 g/mol. The van der Waals surface area contributed by atoms with E-state index in [0.717, 1.165) is 18.6 Å². The maximum atomic E-state index is 14.2. The van der Waals surface area contributed by atoms with Crippen LogP contribution >= 0.6 is 11.8 Å². The molecular formula is C20H27FN2O3S. The number of methoxy groups -OCH3 is 1. The molecule has 1 aromatic carbocycles. The van der Waals surface area contributed by atoms with Crippen molar-refractivity contribution in [1.29, 1.82) is 0 Å². The standard InChI is InChI=1S/C20H27FN2O3S/c1-26-16-4-5-17(21)15(12-16)13-22-9-3-7-20(19(22)25)8-10-23(14-20)18(24)6-11-27-2/h4-5,12H,3,6-11,13-14H2,1-2H3/t20-/m0/s1. The molecule has 2 saturated heterocycles. The molecule has 0 aromatic heterocycles. The van der Waals surface area contributed by atoms with Crippen LogP contribution in [0.3, 0.4) is 0 Å². The molecule has 0 radical (unpaired) electrons. The highest BCUT2D eigenvalue weighted by Crippen LogP contribution is 2.41. The molecule has 2 fully saturated rings. The van der Waals surface area contributed by atoms with Crippen LogP contribution in [0.1, 0.15) is 31.2 Å². The highest BCUT2D eigenvalue weighted by molar-refractivity contribution is 7.98. The molecule has 2 aliphatic heterocycles. The second-order valence-corrected chi connectivity index (χ2v) is 8.36. The Kier molecular flexibility index (Phi) is 6.29. The third-order valence-corrected chi connectivity index (χ3v) is 6.28. The molecule has 27 heavy (non-hydrogen) atoms. The number of carbonyl (C=O) groups excluding carboxylic acids is 2. The van der Waals surface area contributed by atoms with Gasteiger partial charge >= 0.3 is 0 Å². The zero-order valence-electron chi connectivity index (χ0n) is 16.0. The Morgan fingerprint density at radius 1 is 1.33 bits per heavy atom. The molecule has 5 nitrogen and oxygen atoms in total. The topological polar surface area (TPSA) is 49.9 Å². The maximum absolute atomic E-state index is 14.2. The molecule has 148 valence electrons. The van der Waals surface area contributed by atoms with Gasteiger partial charge in [0.25, 0.3) is 0 Å². The van der Waals surface area contributed by atoms with E-state index >= 15 is 0 Å². The molecule has 1 spiro atoms. The molecule has 2 aliphatic rings. The number of carbonyl (C=O) groups is 2. The van der Waals surface area contributed by atoms with E-state index in [1.807, 2.05) is 11.2 Å². The summed E-state index contributed by atoms with van der Waals surface area (Å²) < 4.78 is 19.4. The largest absolute Gasteiger partial charge is 0.497 e. The Morgan fingerprint density at radius 3 is 2.89 bits per heavy atom. The fourth-order valence-corrected chi connectivity index (χ4v) is 4.50. The number of nitrogens with zero attached hydrogens (tertiary/aromatic N) is 2. The Balaban J connectivity index is 1.70. The predicted molar refractivity (Wildman–Crippen MR) is 104 cm³/mol. The fraction of sp³-hybridized carbons (Fsp3) is 0.600. The Labute approximate surface area is 164 Å². The van der Waals surface area contributed by atoms with Crippen molar-refractivity contribution in [2.24, 2.45) is 5.41 Å². The van der Waals surface area contributed by atoms with Crippen LogP contribution in [0.15, 0.2) is 18.2 Å². The molecule has 0 saturated carbocycles. The van der Waals surface area contributed by atoms with Crippen LogP contribution in [0.2, 0.25) is 0 Å². The highest BCUT2D eigenvalue weighted by atomic mass is 32.2. The van der Waals surface area contributed by atoms with Gasteiger partial charge in [-0.1, -0.05) is 0 Å². The van der Waals surface area contributed by atoms with Crippen molar-refractivity contribution < 1.29 is 18.7 Å². The van der Waals surface area contributed by atoms with Gasteiger partial charge in [-0.15, -0.1) is 0 Å². The summed E-state index contributed by atoms with van der Waals surface area (Å²) in [5, 5.41) is 0. The number of thioether (sulfide) groups is 1. The fourth-order valence-electron chi connectivity index (χ4n) is 4.12. The molecule has 0 aliphatic carbocycles. The molecule has 1 aromatic rings. The van der Waals surface area contributed by atoms with E-state index in [1.165, 1.54) is 6.07 Å². The Hall–Kier alpha value is -1.76. The molecule has 2 heterocycles. The lowest BCUT2D eigenvalue weighted by Gasteiger charge is -2.39. The average Bonchev–Trinajstić information content (AvgIpc) is 3.10. The van der Waals surface area contributed by atoms with Crippen molar-refractivity contribution in [3.8, 4) is 5.75 Å². The average molecular weight is 395 g/mol. The summed E-state index contributed by atoms with van der Waals surface area (Å²) >= 11 is 1.65. The molecule has 1 atom stereocenters. The van der Waals surface area contributed by atoms with Gasteiger partial charge in [0.1, 0.15) is 11.6 Å². The van der Waals surface area contributed by atoms with Crippen molar-refractivity contribution in [3.05, 3.63) is 29.6 Å². The van der Waals surface area contributed by atoms with Crippen LogP contribution in [0.5, 0.6) is 5.75 Å². The first-order valence-corrected chi connectivity index (χ1v) is 10.8. The summed E-state index contributed by atoms with van der Waals surface area (Å²) in [5.74, 6) is 1.24. The van der Waals surface area contributed by atoms with Gasteiger partial charge in [-0.25, -0.2) is 4.39 Å². The summed E-state index contributed by atoms with van der Waals surface area (Å²) in [6.45, 7) is 2.00. The van der Waals surface area contributed by atoms with Crippen molar-refractivity contribution in [2.45, 2.75) is 32.2 Å². The minimum absolute atomic E-state index is 0.0520.